The highest BCUT2D eigenvalue weighted by atomic mass is 32.2. The molecule has 138 valence electrons. The minimum absolute atomic E-state index is 0.284. The number of nitrogens with zero attached hydrogens (tertiary/aromatic N) is 5. The van der Waals surface area contributed by atoms with E-state index in [9.17, 15) is 21.6 Å². The normalized spacial score (nSPS) is 17.6. The van der Waals surface area contributed by atoms with E-state index < -0.39 is 28.8 Å². The van der Waals surface area contributed by atoms with Crippen LogP contribution in [0.5, 0.6) is 0 Å². The summed E-state index contributed by atoms with van der Waals surface area (Å²) in [5, 5.41) is 7.36. The Labute approximate surface area is 142 Å². The molecule has 1 N–H and O–H groups in total. The number of alkyl halides is 3. The molecule has 1 aliphatic heterocycles. The zero-order valence-corrected chi connectivity index (χ0v) is 14.2. The number of anilines is 1. The third kappa shape index (κ3) is 4.00. The first-order chi connectivity index (χ1) is 11.6. The summed E-state index contributed by atoms with van der Waals surface area (Å²) in [5.41, 5.74) is 0.571. The van der Waals surface area contributed by atoms with Crippen molar-refractivity contribution in [3.05, 3.63) is 12.5 Å². The first-order valence-electron chi connectivity index (χ1n) is 7.58. The summed E-state index contributed by atoms with van der Waals surface area (Å²) in [6, 6.07) is -0.686. The molecule has 2 aromatic heterocycles. The Balaban J connectivity index is 1.75. The van der Waals surface area contributed by atoms with Gasteiger partial charge in [-0.1, -0.05) is 0 Å². The highest BCUT2D eigenvalue weighted by Gasteiger charge is 2.39. The molecule has 0 aliphatic carbocycles. The van der Waals surface area contributed by atoms with Crippen molar-refractivity contribution in [2.24, 2.45) is 0 Å². The van der Waals surface area contributed by atoms with Gasteiger partial charge in [0, 0.05) is 19.1 Å². The van der Waals surface area contributed by atoms with E-state index in [4.69, 9.17) is 0 Å². The van der Waals surface area contributed by atoms with Crippen LogP contribution in [0.2, 0.25) is 0 Å². The van der Waals surface area contributed by atoms with Crippen LogP contribution >= 0.6 is 0 Å². The van der Waals surface area contributed by atoms with Crippen LogP contribution in [0.1, 0.15) is 12.8 Å². The maximum atomic E-state index is 12.7. The van der Waals surface area contributed by atoms with Gasteiger partial charge in [-0.25, -0.2) is 18.4 Å². The molecule has 2 aromatic rings. The third-order valence-corrected chi connectivity index (χ3v) is 5.44. The summed E-state index contributed by atoms with van der Waals surface area (Å²) >= 11 is 0. The standard InChI is InChI=1S/C13H17F3N6O2S/c1-25(23,24)22(7-13(14,15)16)9-2-4-21(5-3-9)12-10-6-19-20-11(10)17-8-18-12/h6,8-9H,2-5,7H2,1H3,(H,17,18,19,20). The van der Waals surface area contributed by atoms with Gasteiger partial charge in [0.2, 0.25) is 10.0 Å². The molecule has 25 heavy (non-hydrogen) atoms. The van der Waals surface area contributed by atoms with Crippen molar-refractivity contribution in [1.29, 1.82) is 0 Å². The summed E-state index contributed by atoms with van der Waals surface area (Å²) in [7, 11) is -3.95. The van der Waals surface area contributed by atoms with Gasteiger partial charge in [-0.3, -0.25) is 5.10 Å². The van der Waals surface area contributed by atoms with E-state index in [1.807, 2.05) is 4.90 Å². The second-order valence-corrected chi connectivity index (χ2v) is 7.91. The van der Waals surface area contributed by atoms with Gasteiger partial charge in [0.25, 0.3) is 0 Å². The minimum Gasteiger partial charge on any atom is -0.356 e. The molecule has 1 fully saturated rings. The Morgan fingerprint density at radius 3 is 2.60 bits per heavy atom. The van der Waals surface area contributed by atoms with Crippen LogP contribution in [0, 0.1) is 0 Å². The average Bonchev–Trinajstić information content (AvgIpc) is 2.99. The predicted octanol–water partition coefficient (Wildman–Crippen LogP) is 1.15. The zero-order valence-electron chi connectivity index (χ0n) is 13.4. The summed E-state index contributed by atoms with van der Waals surface area (Å²) in [6.07, 6.45) is -0.225. The van der Waals surface area contributed by atoms with Crippen LogP contribution in [0.15, 0.2) is 12.5 Å². The third-order valence-electron chi connectivity index (χ3n) is 4.16. The van der Waals surface area contributed by atoms with Crippen LogP contribution in [-0.4, -0.2) is 71.0 Å². The number of aromatic nitrogens is 4. The van der Waals surface area contributed by atoms with Crippen LogP contribution in [0.3, 0.4) is 0 Å². The fraction of sp³-hybridized carbons (Fsp3) is 0.615. The van der Waals surface area contributed by atoms with Crippen molar-refractivity contribution >= 4 is 26.9 Å². The number of hydrogen-bond donors (Lipinski definition) is 1. The number of sulfonamides is 1. The summed E-state index contributed by atoms with van der Waals surface area (Å²) in [6.45, 7) is -0.673. The van der Waals surface area contributed by atoms with Gasteiger partial charge in [-0.15, -0.1) is 0 Å². The Morgan fingerprint density at radius 1 is 1.32 bits per heavy atom. The number of piperidine rings is 1. The van der Waals surface area contributed by atoms with E-state index >= 15 is 0 Å². The number of hydrogen-bond acceptors (Lipinski definition) is 6. The van der Waals surface area contributed by atoms with Crippen LogP contribution in [0.4, 0.5) is 19.0 Å². The van der Waals surface area contributed by atoms with E-state index in [0.29, 0.717) is 28.9 Å². The zero-order chi connectivity index (χ0) is 18.2. The second kappa shape index (κ2) is 6.41. The van der Waals surface area contributed by atoms with Gasteiger partial charge >= 0.3 is 6.18 Å². The SMILES string of the molecule is CS(=O)(=O)N(CC(F)(F)F)C1CCN(c2ncnc3[nH]ncc23)CC1. The van der Waals surface area contributed by atoms with Crippen molar-refractivity contribution in [3.63, 3.8) is 0 Å². The van der Waals surface area contributed by atoms with Gasteiger partial charge in [-0.2, -0.15) is 22.6 Å². The number of fused-ring (bicyclic) bond motifs is 1. The van der Waals surface area contributed by atoms with Gasteiger partial charge in [-0.05, 0) is 12.8 Å². The highest BCUT2D eigenvalue weighted by Crippen LogP contribution is 2.28. The average molecular weight is 378 g/mol. The lowest BCUT2D eigenvalue weighted by molar-refractivity contribution is -0.139. The lowest BCUT2D eigenvalue weighted by atomic mass is 10.0. The maximum absolute atomic E-state index is 12.7. The van der Waals surface area contributed by atoms with Gasteiger partial charge in [0.15, 0.2) is 5.65 Å². The maximum Gasteiger partial charge on any atom is 0.402 e. The smallest absolute Gasteiger partial charge is 0.356 e. The predicted molar refractivity (Wildman–Crippen MR) is 84.5 cm³/mol. The summed E-state index contributed by atoms with van der Waals surface area (Å²) < 4.78 is 62.3. The number of aromatic amines is 1. The molecule has 3 rings (SSSR count). The number of rotatable bonds is 4. The number of nitrogens with one attached hydrogen (secondary N) is 1. The van der Waals surface area contributed by atoms with Crippen molar-refractivity contribution < 1.29 is 21.6 Å². The molecule has 0 atom stereocenters. The van der Waals surface area contributed by atoms with E-state index in [1.54, 1.807) is 6.20 Å². The summed E-state index contributed by atoms with van der Waals surface area (Å²) in [4.78, 5) is 10.2. The first-order valence-corrected chi connectivity index (χ1v) is 9.42. The van der Waals surface area contributed by atoms with E-state index in [1.165, 1.54) is 6.33 Å². The van der Waals surface area contributed by atoms with Crippen LogP contribution < -0.4 is 4.90 Å². The fourth-order valence-electron chi connectivity index (χ4n) is 3.06. The lowest BCUT2D eigenvalue weighted by Crippen LogP contribution is -2.50. The fourth-order valence-corrected chi connectivity index (χ4v) is 4.20. The van der Waals surface area contributed by atoms with Gasteiger partial charge in [0.1, 0.15) is 18.7 Å². The number of H-pyrrole nitrogens is 1. The van der Waals surface area contributed by atoms with Crippen molar-refractivity contribution in [2.45, 2.75) is 25.1 Å². The Bertz CT molecular complexity index is 845. The molecule has 0 aromatic carbocycles. The summed E-state index contributed by atoms with van der Waals surface area (Å²) in [5.74, 6) is 0.638. The lowest BCUT2D eigenvalue weighted by Gasteiger charge is -2.38. The molecule has 1 aliphatic rings. The molecule has 0 amide bonds. The topological polar surface area (TPSA) is 95.1 Å². The molecule has 3 heterocycles. The first kappa shape index (κ1) is 17.9. The van der Waals surface area contributed by atoms with Crippen LogP contribution in [-0.2, 0) is 10.0 Å². The second-order valence-electron chi connectivity index (χ2n) is 5.97. The molecule has 1 saturated heterocycles. The number of halogens is 3. The largest absolute Gasteiger partial charge is 0.402 e. The molecular formula is C13H17F3N6O2S. The molecular weight excluding hydrogens is 361 g/mol. The monoisotopic (exact) mass is 378 g/mol. The molecule has 0 unspecified atom stereocenters. The van der Waals surface area contributed by atoms with Gasteiger partial charge < -0.3 is 4.90 Å². The van der Waals surface area contributed by atoms with E-state index in [2.05, 4.69) is 20.2 Å². The van der Waals surface area contributed by atoms with E-state index in [0.717, 1.165) is 11.6 Å². The Kier molecular flexibility index (Phi) is 4.58. The van der Waals surface area contributed by atoms with E-state index in [-0.39, 0.29) is 12.8 Å². The quantitative estimate of drug-likeness (QED) is 0.858. The molecule has 12 heteroatoms. The Hall–Kier alpha value is -1.95. The van der Waals surface area contributed by atoms with Crippen molar-refractivity contribution in [1.82, 2.24) is 24.5 Å². The van der Waals surface area contributed by atoms with Gasteiger partial charge in [0.05, 0.1) is 17.8 Å². The highest BCUT2D eigenvalue weighted by molar-refractivity contribution is 7.88. The van der Waals surface area contributed by atoms with Crippen molar-refractivity contribution in [2.75, 3.05) is 30.8 Å². The molecule has 0 radical (unpaired) electrons. The van der Waals surface area contributed by atoms with Crippen molar-refractivity contribution in [3.8, 4) is 0 Å². The molecule has 0 spiro atoms. The molecule has 0 bridgehead atoms. The molecule has 0 saturated carbocycles. The minimum atomic E-state index is -4.57. The van der Waals surface area contributed by atoms with Crippen LogP contribution in [0.25, 0.3) is 11.0 Å². The molecule has 8 nitrogen and oxygen atoms in total. The Morgan fingerprint density at radius 2 is 2.00 bits per heavy atom.